The second-order valence-electron chi connectivity index (χ2n) is 3.88. The third kappa shape index (κ3) is 3.48. The Hall–Kier alpha value is -2.04. The van der Waals surface area contributed by atoms with E-state index in [-0.39, 0.29) is 11.8 Å². The maximum Gasteiger partial charge on any atom is 0.251 e. The third-order valence-electron chi connectivity index (χ3n) is 2.51. The molecule has 1 aromatic rings. The molecule has 5 nitrogen and oxygen atoms in total. The number of hydrogen-bond acceptors (Lipinski definition) is 3. The molecule has 0 unspecified atom stereocenters. The topological polar surface area (TPSA) is 70.2 Å². The Bertz CT molecular complexity index is 444. The predicted octanol–water partition coefficient (Wildman–Crippen LogP) is 1.23. The summed E-state index contributed by atoms with van der Waals surface area (Å²) in [4.78, 5) is 23.5. The second-order valence-corrected chi connectivity index (χ2v) is 3.88. The Morgan fingerprint density at radius 1 is 1.06 bits per heavy atom. The number of benzene rings is 1. The quantitative estimate of drug-likeness (QED) is 0.735. The lowest BCUT2D eigenvalue weighted by atomic mass is 10.1. The van der Waals surface area contributed by atoms with Crippen LogP contribution < -0.4 is 16.0 Å². The number of nitrogens with one attached hydrogen (secondary N) is 3. The molecule has 0 aliphatic rings. The summed E-state index contributed by atoms with van der Waals surface area (Å²) in [6.45, 7) is 2.61. The minimum absolute atomic E-state index is 0.167. The van der Waals surface area contributed by atoms with Crippen LogP contribution in [0.5, 0.6) is 0 Å². The van der Waals surface area contributed by atoms with Crippen molar-refractivity contribution in [2.75, 3.05) is 26.0 Å². The first-order valence-corrected chi connectivity index (χ1v) is 5.95. The zero-order valence-electron chi connectivity index (χ0n) is 11.0. The average Bonchev–Trinajstić information content (AvgIpc) is 2.43. The maximum absolute atomic E-state index is 11.9. The zero-order valence-corrected chi connectivity index (χ0v) is 11.0. The molecule has 98 valence electrons. The normalized spacial score (nSPS) is 9.72. The number of carbonyl (C=O) groups is 2. The summed E-state index contributed by atoms with van der Waals surface area (Å²) in [6, 6.07) is 5.01. The van der Waals surface area contributed by atoms with Gasteiger partial charge in [0.05, 0.1) is 0 Å². The minimum atomic E-state index is -0.211. The van der Waals surface area contributed by atoms with E-state index in [9.17, 15) is 9.59 Å². The van der Waals surface area contributed by atoms with Crippen molar-refractivity contribution < 1.29 is 9.59 Å². The van der Waals surface area contributed by atoms with Crippen LogP contribution in [0.15, 0.2) is 18.2 Å². The van der Waals surface area contributed by atoms with Gasteiger partial charge in [-0.05, 0) is 24.6 Å². The van der Waals surface area contributed by atoms with Gasteiger partial charge < -0.3 is 16.0 Å². The fourth-order valence-electron chi connectivity index (χ4n) is 1.52. The van der Waals surface area contributed by atoms with E-state index in [1.54, 1.807) is 32.3 Å². The van der Waals surface area contributed by atoms with Crippen molar-refractivity contribution >= 4 is 17.5 Å². The van der Waals surface area contributed by atoms with E-state index in [1.807, 2.05) is 6.92 Å². The lowest BCUT2D eigenvalue weighted by Crippen LogP contribution is -2.25. The molecule has 0 aliphatic carbocycles. The molecule has 0 aromatic heterocycles. The van der Waals surface area contributed by atoms with E-state index in [0.29, 0.717) is 17.7 Å². The molecule has 0 atom stereocenters. The van der Waals surface area contributed by atoms with Crippen molar-refractivity contribution in [3.8, 4) is 0 Å². The average molecular weight is 249 g/mol. The summed E-state index contributed by atoms with van der Waals surface area (Å²) in [5, 5.41) is 8.27. The molecule has 0 aliphatic heterocycles. The number of hydrogen-bond donors (Lipinski definition) is 3. The van der Waals surface area contributed by atoms with E-state index in [1.165, 1.54) is 0 Å². The second kappa shape index (κ2) is 6.64. The van der Waals surface area contributed by atoms with Crippen molar-refractivity contribution in [3.05, 3.63) is 29.3 Å². The molecule has 0 spiro atoms. The van der Waals surface area contributed by atoms with Gasteiger partial charge in [-0.1, -0.05) is 6.92 Å². The van der Waals surface area contributed by atoms with Crippen LogP contribution >= 0.6 is 0 Å². The van der Waals surface area contributed by atoms with Crippen molar-refractivity contribution in [1.29, 1.82) is 0 Å². The number of amides is 2. The van der Waals surface area contributed by atoms with Crippen molar-refractivity contribution in [2.45, 2.75) is 13.3 Å². The number of rotatable bonds is 5. The molecule has 0 saturated heterocycles. The van der Waals surface area contributed by atoms with Crippen LogP contribution in [0.2, 0.25) is 0 Å². The molecule has 1 rings (SSSR count). The lowest BCUT2D eigenvalue weighted by Gasteiger charge is -2.09. The highest BCUT2D eigenvalue weighted by atomic mass is 16.2. The predicted molar refractivity (Wildman–Crippen MR) is 72.0 cm³/mol. The minimum Gasteiger partial charge on any atom is -0.388 e. The van der Waals surface area contributed by atoms with Crippen LogP contribution in [0.3, 0.4) is 0 Å². The Labute approximate surface area is 107 Å². The summed E-state index contributed by atoms with van der Waals surface area (Å²) in [5.41, 5.74) is 1.68. The van der Waals surface area contributed by atoms with Gasteiger partial charge in [0.2, 0.25) is 0 Å². The fourth-order valence-corrected chi connectivity index (χ4v) is 1.52. The Balaban J connectivity index is 3.03. The highest BCUT2D eigenvalue weighted by Gasteiger charge is 2.11. The van der Waals surface area contributed by atoms with Gasteiger partial charge in [-0.2, -0.15) is 0 Å². The Morgan fingerprint density at radius 2 is 1.67 bits per heavy atom. The molecular weight excluding hydrogens is 230 g/mol. The number of anilines is 1. The molecule has 0 heterocycles. The molecular formula is C13H19N3O2. The summed E-state index contributed by atoms with van der Waals surface area (Å²) >= 11 is 0. The van der Waals surface area contributed by atoms with Crippen LogP contribution in [0.4, 0.5) is 5.69 Å². The Morgan fingerprint density at radius 3 is 2.17 bits per heavy atom. The highest BCUT2D eigenvalue weighted by molar-refractivity contribution is 6.01. The maximum atomic E-state index is 11.9. The fraction of sp³-hybridized carbons (Fsp3) is 0.385. The monoisotopic (exact) mass is 249 g/mol. The lowest BCUT2D eigenvalue weighted by molar-refractivity contribution is 0.0953. The molecule has 1 aromatic carbocycles. The van der Waals surface area contributed by atoms with Crippen LogP contribution in [0, 0.1) is 0 Å². The highest BCUT2D eigenvalue weighted by Crippen LogP contribution is 2.14. The van der Waals surface area contributed by atoms with Gasteiger partial charge in [0.1, 0.15) is 0 Å². The van der Waals surface area contributed by atoms with Gasteiger partial charge in [-0.3, -0.25) is 9.59 Å². The molecule has 2 amide bonds. The Kier molecular flexibility index (Phi) is 5.17. The van der Waals surface area contributed by atoms with Crippen LogP contribution in [-0.2, 0) is 0 Å². The summed E-state index contributed by atoms with van der Waals surface area (Å²) < 4.78 is 0. The van der Waals surface area contributed by atoms with Crippen molar-refractivity contribution in [1.82, 2.24) is 10.6 Å². The SMILES string of the molecule is CCCNC(=O)c1cc(NC)cc(C(=O)NC)c1. The smallest absolute Gasteiger partial charge is 0.251 e. The molecule has 3 N–H and O–H groups in total. The van der Waals surface area contributed by atoms with Gasteiger partial charge >= 0.3 is 0 Å². The molecule has 18 heavy (non-hydrogen) atoms. The van der Waals surface area contributed by atoms with E-state index in [4.69, 9.17) is 0 Å². The van der Waals surface area contributed by atoms with Crippen molar-refractivity contribution in [3.63, 3.8) is 0 Å². The van der Waals surface area contributed by atoms with Crippen LogP contribution in [-0.4, -0.2) is 32.5 Å². The molecule has 0 saturated carbocycles. The van der Waals surface area contributed by atoms with E-state index >= 15 is 0 Å². The van der Waals surface area contributed by atoms with Gasteiger partial charge in [-0.15, -0.1) is 0 Å². The third-order valence-corrected chi connectivity index (χ3v) is 2.51. The first-order chi connectivity index (χ1) is 8.62. The van der Waals surface area contributed by atoms with Gasteiger partial charge in [0.25, 0.3) is 11.8 Å². The van der Waals surface area contributed by atoms with E-state index in [0.717, 1.165) is 12.1 Å². The van der Waals surface area contributed by atoms with Gasteiger partial charge in [-0.25, -0.2) is 0 Å². The van der Waals surface area contributed by atoms with Gasteiger partial charge in [0, 0.05) is 37.5 Å². The summed E-state index contributed by atoms with van der Waals surface area (Å²) in [5.74, 6) is -0.379. The first-order valence-electron chi connectivity index (χ1n) is 5.95. The summed E-state index contributed by atoms with van der Waals surface area (Å²) in [7, 11) is 3.31. The summed E-state index contributed by atoms with van der Waals surface area (Å²) in [6.07, 6.45) is 0.875. The number of carbonyl (C=O) groups excluding carboxylic acids is 2. The molecule has 0 fully saturated rings. The van der Waals surface area contributed by atoms with Gasteiger partial charge in [0.15, 0.2) is 0 Å². The van der Waals surface area contributed by atoms with E-state index in [2.05, 4.69) is 16.0 Å². The van der Waals surface area contributed by atoms with Crippen LogP contribution in [0.25, 0.3) is 0 Å². The van der Waals surface area contributed by atoms with Crippen LogP contribution in [0.1, 0.15) is 34.1 Å². The largest absolute Gasteiger partial charge is 0.388 e. The molecule has 5 heteroatoms. The zero-order chi connectivity index (χ0) is 13.5. The molecule has 0 bridgehead atoms. The standard InChI is InChI=1S/C13H19N3O2/c1-4-5-16-13(18)10-6-9(12(17)15-3)7-11(8-10)14-2/h6-8,14H,4-5H2,1-3H3,(H,15,17)(H,16,18). The van der Waals surface area contributed by atoms with Crippen molar-refractivity contribution in [2.24, 2.45) is 0 Å². The molecule has 0 radical (unpaired) electrons. The van der Waals surface area contributed by atoms with E-state index < -0.39 is 0 Å². The first kappa shape index (κ1) is 14.0.